The molecule has 0 bridgehead atoms. The summed E-state index contributed by atoms with van der Waals surface area (Å²) in [6, 6.07) is 5.83. The van der Waals surface area contributed by atoms with E-state index in [9.17, 15) is 12.8 Å². The Morgan fingerprint density at radius 1 is 1.00 bits per heavy atom. The summed E-state index contributed by atoms with van der Waals surface area (Å²) in [6.07, 6.45) is 0. The lowest BCUT2D eigenvalue weighted by atomic mass is 10.3. The second kappa shape index (κ2) is 6.30. The van der Waals surface area contributed by atoms with Crippen molar-refractivity contribution in [3.05, 3.63) is 55.7 Å². The molecule has 2 aromatic carbocycles. The second-order valence-corrected chi connectivity index (χ2v) is 7.65. The predicted molar refractivity (Wildman–Crippen MR) is 86.4 cm³/mol. The molecule has 0 heterocycles. The van der Waals surface area contributed by atoms with Crippen molar-refractivity contribution in [1.29, 1.82) is 0 Å². The molecule has 0 fully saturated rings. The van der Waals surface area contributed by atoms with Crippen molar-refractivity contribution in [1.82, 2.24) is 0 Å². The summed E-state index contributed by atoms with van der Waals surface area (Å²) in [4.78, 5) is -0.133. The summed E-state index contributed by atoms with van der Waals surface area (Å²) in [5, 5.41) is 0.440. The first-order chi connectivity index (χ1) is 9.70. The van der Waals surface area contributed by atoms with Gasteiger partial charge in [-0.25, -0.2) is 12.8 Å². The molecule has 2 aromatic rings. The Bertz CT molecular complexity index is 814. The Balaban J connectivity index is 2.45. The van der Waals surface area contributed by atoms with E-state index in [2.05, 4.69) is 20.7 Å². The second-order valence-electron chi connectivity index (χ2n) is 3.93. The van der Waals surface area contributed by atoms with E-state index in [1.807, 2.05) is 0 Å². The topological polar surface area (TPSA) is 46.2 Å². The van der Waals surface area contributed by atoms with Crippen molar-refractivity contribution in [3.8, 4) is 0 Å². The fourth-order valence-electron chi connectivity index (χ4n) is 1.49. The van der Waals surface area contributed by atoms with Gasteiger partial charge in [0.1, 0.15) is 10.7 Å². The van der Waals surface area contributed by atoms with Gasteiger partial charge < -0.3 is 0 Å². The molecule has 0 atom stereocenters. The van der Waals surface area contributed by atoms with Crippen LogP contribution in [-0.2, 0) is 10.0 Å². The minimum absolute atomic E-state index is 0.0716. The van der Waals surface area contributed by atoms with E-state index in [0.29, 0.717) is 0 Å². The summed E-state index contributed by atoms with van der Waals surface area (Å²) >= 11 is 20.5. The first-order valence-corrected chi connectivity index (χ1v) is 8.74. The molecule has 1 N–H and O–H groups in total. The van der Waals surface area contributed by atoms with E-state index in [-0.39, 0.29) is 30.1 Å². The number of nitrogens with one attached hydrogen (secondary N) is 1. The van der Waals surface area contributed by atoms with Crippen molar-refractivity contribution >= 4 is 66.4 Å². The molecule has 21 heavy (non-hydrogen) atoms. The Morgan fingerprint density at radius 3 is 2.24 bits per heavy atom. The summed E-state index contributed by atoms with van der Waals surface area (Å²) in [5.74, 6) is -0.562. The van der Waals surface area contributed by atoms with Crippen LogP contribution in [0.1, 0.15) is 0 Å². The highest BCUT2D eigenvalue weighted by Crippen LogP contribution is 2.34. The Morgan fingerprint density at radius 2 is 1.62 bits per heavy atom. The average molecular weight is 434 g/mol. The van der Waals surface area contributed by atoms with Gasteiger partial charge in [-0.1, -0.05) is 34.8 Å². The van der Waals surface area contributed by atoms with E-state index in [4.69, 9.17) is 34.8 Å². The maximum Gasteiger partial charge on any atom is 0.263 e. The highest BCUT2D eigenvalue weighted by molar-refractivity contribution is 9.10. The molecular weight excluding hydrogens is 427 g/mol. The van der Waals surface area contributed by atoms with E-state index in [0.717, 1.165) is 18.2 Å². The number of hydrogen-bond donors (Lipinski definition) is 1. The third kappa shape index (κ3) is 3.81. The predicted octanol–water partition coefficient (Wildman–Crippen LogP) is 5.35. The Hall–Kier alpha value is -0.530. The standard InChI is InChI=1S/C12H6BrCl3FNO2S/c13-7-3-6(17)1-2-12(7)21(19,20)18-11-5-9(15)8(14)4-10(11)16/h1-5,18H. The number of halogens is 5. The monoisotopic (exact) mass is 431 g/mol. The molecule has 112 valence electrons. The van der Waals surface area contributed by atoms with Crippen LogP contribution in [0.2, 0.25) is 15.1 Å². The zero-order valence-corrected chi connectivity index (χ0v) is 14.7. The lowest BCUT2D eigenvalue weighted by Gasteiger charge is -2.12. The normalized spacial score (nSPS) is 11.5. The third-order valence-electron chi connectivity index (χ3n) is 2.44. The van der Waals surface area contributed by atoms with Crippen molar-refractivity contribution < 1.29 is 12.8 Å². The van der Waals surface area contributed by atoms with Crippen molar-refractivity contribution in [2.75, 3.05) is 4.72 Å². The Labute approximate surface area is 144 Å². The largest absolute Gasteiger partial charge is 0.278 e. The van der Waals surface area contributed by atoms with Crippen molar-refractivity contribution in [3.63, 3.8) is 0 Å². The van der Waals surface area contributed by atoms with Crippen LogP contribution in [0, 0.1) is 5.82 Å². The number of rotatable bonds is 3. The number of benzene rings is 2. The van der Waals surface area contributed by atoms with Crippen molar-refractivity contribution in [2.45, 2.75) is 4.90 Å². The molecule has 0 saturated heterocycles. The van der Waals surface area contributed by atoms with Gasteiger partial charge in [0, 0.05) is 4.47 Å². The van der Waals surface area contributed by atoms with Crippen molar-refractivity contribution in [2.24, 2.45) is 0 Å². The zero-order chi connectivity index (χ0) is 15.8. The number of hydrogen-bond acceptors (Lipinski definition) is 2. The summed E-state index contributed by atoms with van der Waals surface area (Å²) in [5.41, 5.74) is 0.0716. The van der Waals surface area contributed by atoms with E-state index < -0.39 is 15.8 Å². The van der Waals surface area contributed by atoms with Gasteiger partial charge in [0.25, 0.3) is 10.0 Å². The van der Waals surface area contributed by atoms with Crippen LogP contribution < -0.4 is 4.72 Å². The molecule has 0 aliphatic carbocycles. The van der Waals surface area contributed by atoms with Crippen LogP contribution in [0.4, 0.5) is 10.1 Å². The summed E-state index contributed by atoms with van der Waals surface area (Å²) < 4.78 is 40.0. The van der Waals surface area contributed by atoms with Gasteiger partial charge in [0.2, 0.25) is 0 Å². The lowest BCUT2D eigenvalue weighted by molar-refractivity contribution is 0.599. The summed E-state index contributed by atoms with van der Waals surface area (Å²) in [7, 11) is -3.96. The van der Waals surface area contributed by atoms with E-state index in [1.54, 1.807) is 0 Å². The lowest BCUT2D eigenvalue weighted by Crippen LogP contribution is -2.14. The van der Waals surface area contributed by atoms with E-state index in [1.165, 1.54) is 12.1 Å². The smallest absolute Gasteiger partial charge is 0.263 e. The van der Waals surface area contributed by atoms with Crippen LogP contribution >= 0.6 is 50.7 Å². The van der Waals surface area contributed by atoms with Gasteiger partial charge in [-0.2, -0.15) is 0 Å². The molecule has 2 rings (SSSR count). The molecule has 0 amide bonds. The van der Waals surface area contributed by atoms with Crippen LogP contribution in [0.3, 0.4) is 0 Å². The number of anilines is 1. The molecule has 0 unspecified atom stereocenters. The highest BCUT2D eigenvalue weighted by atomic mass is 79.9. The van der Waals surface area contributed by atoms with Crippen LogP contribution in [0.15, 0.2) is 39.7 Å². The molecule has 0 aliphatic rings. The molecule has 3 nitrogen and oxygen atoms in total. The van der Waals surface area contributed by atoms with Crippen LogP contribution in [0.25, 0.3) is 0 Å². The SMILES string of the molecule is O=S(=O)(Nc1cc(Cl)c(Cl)cc1Cl)c1ccc(F)cc1Br. The fraction of sp³-hybridized carbons (Fsp3) is 0. The van der Waals surface area contributed by atoms with Gasteiger partial charge in [0.05, 0.1) is 20.8 Å². The van der Waals surface area contributed by atoms with Gasteiger partial charge in [-0.15, -0.1) is 0 Å². The summed E-state index contributed by atoms with van der Waals surface area (Å²) in [6.45, 7) is 0. The molecule has 0 spiro atoms. The molecule has 0 saturated carbocycles. The minimum Gasteiger partial charge on any atom is -0.278 e. The first-order valence-electron chi connectivity index (χ1n) is 5.33. The quantitative estimate of drug-likeness (QED) is 0.664. The molecule has 0 aromatic heterocycles. The first kappa shape index (κ1) is 16.8. The minimum atomic E-state index is -3.96. The average Bonchev–Trinajstić information content (AvgIpc) is 2.35. The molecular formula is C12H6BrCl3FNO2S. The maximum atomic E-state index is 13.0. The van der Waals surface area contributed by atoms with Gasteiger partial charge in [-0.05, 0) is 46.3 Å². The van der Waals surface area contributed by atoms with Gasteiger partial charge in [0.15, 0.2) is 0 Å². The van der Waals surface area contributed by atoms with Gasteiger partial charge >= 0.3 is 0 Å². The molecule has 0 aliphatic heterocycles. The van der Waals surface area contributed by atoms with E-state index >= 15 is 0 Å². The maximum absolute atomic E-state index is 13.0. The highest BCUT2D eigenvalue weighted by Gasteiger charge is 2.20. The van der Waals surface area contributed by atoms with Gasteiger partial charge in [-0.3, -0.25) is 4.72 Å². The van der Waals surface area contributed by atoms with Crippen LogP contribution in [-0.4, -0.2) is 8.42 Å². The molecule has 0 radical (unpaired) electrons. The third-order valence-corrected chi connectivity index (χ3v) is 5.81. The number of sulfonamides is 1. The molecule has 9 heteroatoms. The van der Waals surface area contributed by atoms with Crippen LogP contribution in [0.5, 0.6) is 0 Å². The fourth-order valence-corrected chi connectivity index (χ4v) is 4.27. The Kier molecular flexibility index (Phi) is 5.05. The zero-order valence-electron chi connectivity index (χ0n) is 10.0.